The maximum atomic E-state index is 4.80. The Labute approximate surface area is 133 Å². The van der Waals surface area contributed by atoms with Gasteiger partial charge >= 0.3 is 0 Å². The molecule has 1 aromatic carbocycles. The van der Waals surface area contributed by atoms with Gasteiger partial charge in [-0.2, -0.15) is 0 Å². The van der Waals surface area contributed by atoms with Crippen LogP contribution in [0.5, 0.6) is 0 Å². The first-order valence-corrected chi connectivity index (χ1v) is 7.98. The molecule has 0 fully saturated rings. The highest BCUT2D eigenvalue weighted by Gasteiger charge is 2.28. The molecule has 0 N–H and O–H groups in total. The molecule has 1 aliphatic heterocycles. The molecule has 1 atom stereocenters. The normalized spacial score (nSPS) is 16.6. The molecule has 3 heterocycles. The van der Waals surface area contributed by atoms with Gasteiger partial charge in [-0.1, -0.05) is 23.9 Å². The van der Waals surface area contributed by atoms with E-state index in [1.54, 1.807) is 18.6 Å². The van der Waals surface area contributed by atoms with Crippen LogP contribution in [0.3, 0.4) is 0 Å². The predicted molar refractivity (Wildman–Crippen MR) is 89.2 cm³/mol. The van der Waals surface area contributed by atoms with Crippen molar-refractivity contribution in [2.24, 2.45) is 0 Å². The number of pyridine rings is 1. The van der Waals surface area contributed by atoms with E-state index in [4.69, 9.17) is 4.98 Å². The number of benzene rings is 1. The number of fused-ring (bicyclic) bond motifs is 1. The second kappa shape index (κ2) is 5.42. The standard InChI is InChI=1S/C17H14N4S/c1-12-21(15-4-2-3-5-16(15)22-12)17-11-19-10-14(20-17)13-6-8-18-9-7-13/h2-12H,1H3. The molecule has 0 aliphatic carbocycles. The zero-order valence-electron chi connectivity index (χ0n) is 12.0. The molecule has 1 aliphatic rings. The summed E-state index contributed by atoms with van der Waals surface area (Å²) in [5.41, 5.74) is 3.08. The van der Waals surface area contributed by atoms with Crippen molar-refractivity contribution in [1.29, 1.82) is 0 Å². The average molecular weight is 306 g/mol. The van der Waals surface area contributed by atoms with Gasteiger partial charge < -0.3 is 4.90 Å². The molecule has 0 bridgehead atoms. The maximum Gasteiger partial charge on any atom is 0.153 e. The summed E-state index contributed by atoms with van der Waals surface area (Å²) in [5.74, 6) is 0.874. The molecule has 0 saturated heterocycles. The van der Waals surface area contributed by atoms with Crippen LogP contribution in [0.2, 0.25) is 0 Å². The molecular weight excluding hydrogens is 292 g/mol. The highest BCUT2D eigenvalue weighted by molar-refractivity contribution is 8.00. The summed E-state index contributed by atoms with van der Waals surface area (Å²) < 4.78 is 0. The Bertz CT molecular complexity index is 807. The number of rotatable bonds is 2. The molecule has 0 radical (unpaired) electrons. The van der Waals surface area contributed by atoms with E-state index >= 15 is 0 Å². The fourth-order valence-electron chi connectivity index (χ4n) is 2.63. The van der Waals surface area contributed by atoms with E-state index in [1.165, 1.54) is 10.6 Å². The lowest BCUT2D eigenvalue weighted by molar-refractivity contribution is 0.939. The van der Waals surface area contributed by atoms with E-state index in [0.717, 1.165) is 17.1 Å². The van der Waals surface area contributed by atoms with E-state index in [9.17, 15) is 0 Å². The van der Waals surface area contributed by atoms with Crippen molar-refractivity contribution in [3.05, 3.63) is 61.2 Å². The van der Waals surface area contributed by atoms with Gasteiger partial charge in [-0.15, -0.1) is 0 Å². The van der Waals surface area contributed by atoms with Crippen molar-refractivity contribution in [2.75, 3.05) is 4.90 Å². The summed E-state index contributed by atoms with van der Waals surface area (Å²) in [6.07, 6.45) is 7.16. The Morgan fingerprint density at radius 2 is 1.82 bits per heavy atom. The van der Waals surface area contributed by atoms with Gasteiger partial charge in [0.1, 0.15) is 0 Å². The molecule has 0 spiro atoms. The number of nitrogens with zero attached hydrogens (tertiary/aromatic N) is 4. The Morgan fingerprint density at radius 1 is 1.00 bits per heavy atom. The number of hydrogen-bond donors (Lipinski definition) is 0. The van der Waals surface area contributed by atoms with Gasteiger partial charge in [0.2, 0.25) is 0 Å². The molecule has 22 heavy (non-hydrogen) atoms. The number of aromatic nitrogens is 3. The van der Waals surface area contributed by atoms with E-state index < -0.39 is 0 Å². The number of thioether (sulfide) groups is 1. The summed E-state index contributed by atoms with van der Waals surface area (Å²) in [5, 5.41) is 0.305. The third-order valence-corrected chi connectivity index (χ3v) is 4.78. The molecule has 4 nitrogen and oxygen atoms in total. The quantitative estimate of drug-likeness (QED) is 0.712. The lowest BCUT2D eigenvalue weighted by atomic mass is 10.2. The molecule has 5 heteroatoms. The van der Waals surface area contributed by atoms with Crippen LogP contribution in [0.25, 0.3) is 11.3 Å². The highest BCUT2D eigenvalue weighted by Crippen LogP contribution is 2.46. The van der Waals surface area contributed by atoms with Crippen LogP contribution in [0.4, 0.5) is 11.5 Å². The second-order valence-corrected chi connectivity index (χ2v) is 6.41. The minimum Gasteiger partial charge on any atom is -0.311 e. The van der Waals surface area contributed by atoms with Crippen LogP contribution in [-0.4, -0.2) is 20.3 Å². The lowest BCUT2D eigenvalue weighted by Crippen LogP contribution is -2.22. The molecule has 4 rings (SSSR count). The number of anilines is 2. The Hall–Kier alpha value is -2.40. The number of para-hydroxylation sites is 1. The summed E-state index contributed by atoms with van der Waals surface area (Å²) in [4.78, 5) is 16.7. The zero-order valence-corrected chi connectivity index (χ0v) is 12.9. The number of hydrogen-bond acceptors (Lipinski definition) is 5. The predicted octanol–water partition coefficient (Wildman–Crippen LogP) is 4.13. The third kappa shape index (κ3) is 2.23. The van der Waals surface area contributed by atoms with Gasteiger partial charge in [-0.05, 0) is 31.2 Å². The van der Waals surface area contributed by atoms with Crippen LogP contribution < -0.4 is 4.90 Å². The van der Waals surface area contributed by atoms with Crippen LogP contribution in [0.1, 0.15) is 6.92 Å². The van der Waals surface area contributed by atoms with Gasteiger partial charge in [-0.3, -0.25) is 9.97 Å². The molecular formula is C17H14N4S. The average Bonchev–Trinajstić information content (AvgIpc) is 2.91. The van der Waals surface area contributed by atoms with Crippen LogP contribution >= 0.6 is 11.8 Å². The zero-order chi connectivity index (χ0) is 14.9. The third-order valence-electron chi connectivity index (χ3n) is 3.63. The van der Waals surface area contributed by atoms with Gasteiger partial charge in [0.15, 0.2) is 5.82 Å². The molecule has 108 valence electrons. The fraction of sp³-hybridized carbons (Fsp3) is 0.118. The van der Waals surface area contributed by atoms with Crippen molar-refractivity contribution < 1.29 is 0 Å². The van der Waals surface area contributed by atoms with Crippen molar-refractivity contribution in [1.82, 2.24) is 15.0 Å². The fourth-order valence-corrected chi connectivity index (χ4v) is 3.77. The largest absolute Gasteiger partial charge is 0.311 e. The SMILES string of the molecule is CC1Sc2ccccc2N1c1cncc(-c2ccncc2)n1. The summed E-state index contributed by atoms with van der Waals surface area (Å²) in [6, 6.07) is 12.3. The van der Waals surface area contributed by atoms with E-state index in [-0.39, 0.29) is 0 Å². The lowest BCUT2D eigenvalue weighted by Gasteiger charge is -2.22. The highest BCUT2D eigenvalue weighted by atomic mass is 32.2. The Balaban J connectivity index is 1.78. The summed E-state index contributed by atoms with van der Waals surface area (Å²) >= 11 is 1.84. The monoisotopic (exact) mass is 306 g/mol. The van der Waals surface area contributed by atoms with E-state index in [1.807, 2.05) is 30.1 Å². The van der Waals surface area contributed by atoms with Crippen molar-refractivity contribution in [3.8, 4) is 11.3 Å². The molecule has 0 saturated carbocycles. The second-order valence-electron chi connectivity index (χ2n) is 5.05. The summed E-state index contributed by atoms with van der Waals surface area (Å²) in [7, 11) is 0. The topological polar surface area (TPSA) is 41.9 Å². The first-order valence-electron chi connectivity index (χ1n) is 7.10. The van der Waals surface area contributed by atoms with Crippen molar-refractivity contribution in [2.45, 2.75) is 17.2 Å². The molecule has 1 unspecified atom stereocenters. The maximum absolute atomic E-state index is 4.80. The van der Waals surface area contributed by atoms with E-state index in [2.05, 4.69) is 46.1 Å². The van der Waals surface area contributed by atoms with E-state index in [0.29, 0.717) is 5.37 Å². The van der Waals surface area contributed by atoms with Crippen LogP contribution in [-0.2, 0) is 0 Å². The minimum absolute atomic E-state index is 0.305. The Morgan fingerprint density at radius 3 is 2.68 bits per heavy atom. The minimum atomic E-state index is 0.305. The molecule has 2 aromatic heterocycles. The first kappa shape index (κ1) is 13.3. The molecule has 3 aromatic rings. The smallest absolute Gasteiger partial charge is 0.153 e. The molecule has 0 amide bonds. The van der Waals surface area contributed by atoms with Gasteiger partial charge in [0, 0.05) is 22.9 Å². The van der Waals surface area contributed by atoms with Gasteiger partial charge in [-0.25, -0.2) is 4.98 Å². The van der Waals surface area contributed by atoms with Crippen LogP contribution in [0, 0.1) is 0 Å². The van der Waals surface area contributed by atoms with Crippen LogP contribution in [0.15, 0.2) is 66.1 Å². The van der Waals surface area contributed by atoms with Crippen molar-refractivity contribution in [3.63, 3.8) is 0 Å². The summed E-state index contributed by atoms with van der Waals surface area (Å²) in [6.45, 7) is 2.19. The van der Waals surface area contributed by atoms with Crippen molar-refractivity contribution >= 4 is 23.3 Å². The Kier molecular flexibility index (Phi) is 3.27. The van der Waals surface area contributed by atoms with Gasteiger partial charge in [0.25, 0.3) is 0 Å². The first-order chi connectivity index (χ1) is 10.8. The van der Waals surface area contributed by atoms with Gasteiger partial charge in [0.05, 0.1) is 29.1 Å².